The van der Waals surface area contributed by atoms with Crippen molar-refractivity contribution in [1.82, 2.24) is 5.32 Å². The van der Waals surface area contributed by atoms with E-state index in [1.54, 1.807) is 42.7 Å². The predicted octanol–water partition coefficient (Wildman–Crippen LogP) is 4.05. The molecule has 0 aliphatic heterocycles. The topological polar surface area (TPSA) is 92.6 Å². The number of hydrogen-bond donors (Lipinski definition) is 3. The highest BCUT2D eigenvalue weighted by Gasteiger charge is 2.10. The zero-order valence-corrected chi connectivity index (χ0v) is 17.0. The number of rotatable bonds is 9. The van der Waals surface area contributed by atoms with Gasteiger partial charge in [-0.1, -0.05) is 18.2 Å². The first-order chi connectivity index (χ1) is 14.5. The molecule has 156 valence electrons. The summed E-state index contributed by atoms with van der Waals surface area (Å²) in [5, 5.41) is 8.66. The lowest BCUT2D eigenvalue weighted by molar-refractivity contribution is -0.114. The molecule has 0 spiro atoms. The Kier molecular flexibility index (Phi) is 7.10. The fourth-order valence-electron chi connectivity index (χ4n) is 2.77. The van der Waals surface area contributed by atoms with E-state index in [2.05, 4.69) is 16.0 Å². The van der Waals surface area contributed by atoms with E-state index in [1.165, 1.54) is 0 Å². The monoisotopic (exact) mass is 407 g/mol. The Morgan fingerprint density at radius 3 is 2.63 bits per heavy atom. The van der Waals surface area contributed by atoms with Gasteiger partial charge < -0.3 is 25.1 Å². The van der Waals surface area contributed by atoms with Crippen LogP contribution in [0.15, 0.2) is 71.3 Å². The average molecular weight is 407 g/mol. The molecule has 3 N–H and O–H groups in total. The molecule has 0 bridgehead atoms. The predicted molar refractivity (Wildman–Crippen MR) is 116 cm³/mol. The first-order valence-electron chi connectivity index (χ1n) is 9.71. The molecular weight excluding hydrogens is 382 g/mol. The van der Waals surface area contributed by atoms with Crippen LogP contribution in [0.2, 0.25) is 0 Å². The quantitative estimate of drug-likeness (QED) is 0.498. The van der Waals surface area contributed by atoms with E-state index in [1.807, 2.05) is 38.1 Å². The number of benzene rings is 2. The van der Waals surface area contributed by atoms with Crippen LogP contribution in [-0.2, 0) is 11.3 Å². The van der Waals surface area contributed by atoms with Crippen molar-refractivity contribution < 1.29 is 18.7 Å². The molecule has 0 atom stereocenters. The van der Waals surface area contributed by atoms with Crippen LogP contribution in [0.1, 0.15) is 30.0 Å². The van der Waals surface area contributed by atoms with Crippen LogP contribution in [0.25, 0.3) is 0 Å². The minimum atomic E-state index is -0.250. The Morgan fingerprint density at radius 2 is 1.87 bits per heavy atom. The number of amides is 2. The van der Waals surface area contributed by atoms with Crippen LogP contribution in [0, 0.1) is 0 Å². The van der Waals surface area contributed by atoms with Gasteiger partial charge in [-0.25, -0.2) is 0 Å². The van der Waals surface area contributed by atoms with Crippen molar-refractivity contribution in [3.63, 3.8) is 0 Å². The molecule has 0 aliphatic rings. The standard InChI is InChI=1S/C23H25N3O4/c1-16(2)30-21-11-4-3-10-20(21)24-15-22(27)26-18-8-5-7-17(13-18)23(28)25-14-19-9-6-12-29-19/h3-13,16,24H,14-15H2,1-2H3,(H,25,28)(H,26,27). The van der Waals surface area contributed by atoms with Crippen LogP contribution < -0.4 is 20.7 Å². The van der Waals surface area contributed by atoms with E-state index in [-0.39, 0.29) is 24.5 Å². The summed E-state index contributed by atoms with van der Waals surface area (Å²) in [6.07, 6.45) is 1.59. The summed E-state index contributed by atoms with van der Waals surface area (Å²) in [6.45, 7) is 4.25. The minimum Gasteiger partial charge on any atom is -0.489 e. The van der Waals surface area contributed by atoms with Crippen LogP contribution >= 0.6 is 0 Å². The van der Waals surface area contributed by atoms with Gasteiger partial charge in [-0.2, -0.15) is 0 Å². The lowest BCUT2D eigenvalue weighted by Gasteiger charge is -2.15. The van der Waals surface area contributed by atoms with Crippen LogP contribution in [0.5, 0.6) is 5.75 Å². The number of anilines is 2. The molecule has 0 unspecified atom stereocenters. The number of para-hydroxylation sites is 2. The van der Waals surface area contributed by atoms with Crippen LogP contribution in [0.3, 0.4) is 0 Å². The van der Waals surface area contributed by atoms with E-state index in [9.17, 15) is 9.59 Å². The van der Waals surface area contributed by atoms with E-state index in [4.69, 9.17) is 9.15 Å². The summed E-state index contributed by atoms with van der Waals surface area (Å²) in [5.41, 5.74) is 1.73. The molecule has 30 heavy (non-hydrogen) atoms. The zero-order valence-electron chi connectivity index (χ0n) is 17.0. The van der Waals surface area contributed by atoms with Gasteiger partial charge in [-0.05, 0) is 56.3 Å². The van der Waals surface area contributed by atoms with Crippen molar-refractivity contribution in [2.75, 3.05) is 17.2 Å². The second-order valence-electron chi connectivity index (χ2n) is 6.91. The molecule has 0 radical (unpaired) electrons. The molecule has 0 saturated heterocycles. The van der Waals surface area contributed by atoms with E-state index >= 15 is 0 Å². The third-order valence-electron chi connectivity index (χ3n) is 4.10. The fourth-order valence-corrected chi connectivity index (χ4v) is 2.77. The lowest BCUT2D eigenvalue weighted by atomic mass is 10.2. The highest BCUT2D eigenvalue weighted by atomic mass is 16.5. The summed E-state index contributed by atoms with van der Waals surface area (Å²) >= 11 is 0. The maximum atomic E-state index is 12.4. The minimum absolute atomic E-state index is 0.0310. The molecule has 2 aromatic carbocycles. The maximum Gasteiger partial charge on any atom is 0.251 e. The molecule has 3 rings (SSSR count). The molecule has 1 heterocycles. The molecule has 0 aliphatic carbocycles. The molecule has 1 aromatic heterocycles. The Morgan fingerprint density at radius 1 is 1.03 bits per heavy atom. The second kappa shape index (κ2) is 10.2. The lowest BCUT2D eigenvalue weighted by Crippen LogP contribution is -2.24. The Hall–Kier alpha value is -3.74. The van der Waals surface area contributed by atoms with E-state index in [0.717, 1.165) is 5.69 Å². The Bertz CT molecular complexity index is 984. The number of nitrogens with one attached hydrogen (secondary N) is 3. The number of ether oxygens (including phenoxy) is 1. The van der Waals surface area contributed by atoms with Crippen LogP contribution in [-0.4, -0.2) is 24.5 Å². The summed E-state index contributed by atoms with van der Waals surface area (Å²) in [5.74, 6) is 0.874. The number of carbonyl (C=O) groups excluding carboxylic acids is 2. The maximum absolute atomic E-state index is 12.4. The van der Waals surface area contributed by atoms with Gasteiger partial charge in [-0.3, -0.25) is 9.59 Å². The number of carbonyl (C=O) groups is 2. The van der Waals surface area contributed by atoms with Gasteiger partial charge in [0.05, 0.1) is 31.1 Å². The van der Waals surface area contributed by atoms with Gasteiger partial charge in [-0.15, -0.1) is 0 Å². The molecular formula is C23H25N3O4. The van der Waals surface area contributed by atoms with Gasteiger partial charge in [0.25, 0.3) is 5.91 Å². The summed E-state index contributed by atoms with van der Waals surface area (Å²) in [7, 11) is 0. The first-order valence-corrected chi connectivity index (χ1v) is 9.71. The average Bonchev–Trinajstić information content (AvgIpc) is 3.25. The highest BCUT2D eigenvalue weighted by molar-refractivity contribution is 5.98. The molecule has 3 aromatic rings. The van der Waals surface area contributed by atoms with E-state index in [0.29, 0.717) is 29.3 Å². The molecule has 0 fully saturated rings. The van der Waals surface area contributed by atoms with Crippen LogP contribution in [0.4, 0.5) is 11.4 Å². The number of hydrogen-bond acceptors (Lipinski definition) is 5. The van der Waals surface area contributed by atoms with Crippen molar-refractivity contribution in [1.29, 1.82) is 0 Å². The third-order valence-corrected chi connectivity index (χ3v) is 4.10. The largest absolute Gasteiger partial charge is 0.489 e. The van der Waals surface area contributed by atoms with Gasteiger partial charge in [0.1, 0.15) is 11.5 Å². The Labute approximate surface area is 175 Å². The van der Waals surface area contributed by atoms with Crippen molar-refractivity contribution in [2.24, 2.45) is 0 Å². The zero-order chi connectivity index (χ0) is 21.3. The molecule has 2 amide bonds. The van der Waals surface area contributed by atoms with Gasteiger partial charge in [0.15, 0.2) is 0 Å². The summed E-state index contributed by atoms with van der Waals surface area (Å²) in [4.78, 5) is 24.7. The van der Waals surface area contributed by atoms with Gasteiger partial charge in [0, 0.05) is 11.3 Å². The van der Waals surface area contributed by atoms with Gasteiger partial charge in [0.2, 0.25) is 5.91 Å². The number of furan rings is 1. The van der Waals surface area contributed by atoms with Crippen molar-refractivity contribution >= 4 is 23.2 Å². The summed E-state index contributed by atoms with van der Waals surface area (Å²) < 4.78 is 10.9. The molecule has 7 nitrogen and oxygen atoms in total. The fraction of sp³-hybridized carbons (Fsp3) is 0.217. The Balaban J connectivity index is 1.54. The smallest absolute Gasteiger partial charge is 0.251 e. The van der Waals surface area contributed by atoms with Crippen molar-refractivity contribution in [3.8, 4) is 5.75 Å². The highest BCUT2D eigenvalue weighted by Crippen LogP contribution is 2.24. The second-order valence-corrected chi connectivity index (χ2v) is 6.91. The third kappa shape index (κ3) is 6.13. The van der Waals surface area contributed by atoms with Crippen molar-refractivity contribution in [3.05, 3.63) is 78.3 Å². The van der Waals surface area contributed by atoms with Crippen molar-refractivity contribution in [2.45, 2.75) is 26.5 Å². The molecule has 0 saturated carbocycles. The SMILES string of the molecule is CC(C)Oc1ccccc1NCC(=O)Nc1cccc(C(=O)NCc2ccco2)c1. The van der Waals surface area contributed by atoms with E-state index < -0.39 is 0 Å². The molecule has 7 heteroatoms. The summed E-state index contributed by atoms with van der Waals surface area (Å²) in [6, 6.07) is 17.8. The first kappa shape index (κ1) is 21.0. The normalized spacial score (nSPS) is 10.5. The van der Waals surface area contributed by atoms with Gasteiger partial charge >= 0.3 is 0 Å².